The molecule has 0 rings (SSSR count). The van der Waals surface area contributed by atoms with Crippen molar-refractivity contribution < 1.29 is 38.7 Å². The predicted molar refractivity (Wildman–Crippen MR) is 112 cm³/mol. The number of carbonyl (C=O) groups is 2. The summed E-state index contributed by atoms with van der Waals surface area (Å²) in [6, 6.07) is 0. The van der Waals surface area contributed by atoms with E-state index in [1.807, 2.05) is 0 Å². The second kappa shape index (κ2) is 18.0. The second-order valence-electron chi connectivity index (χ2n) is 6.99. The number of esters is 2. The van der Waals surface area contributed by atoms with Crippen LogP contribution in [0, 0.1) is 0 Å². The van der Waals surface area contributed by atoms with Gasteiger partial charge in [-0.2, -0.15) is 0 Å². The largest absolute Gasteiger partial charge is 0.460 e. The van der Waals surface area contributed by atoms with Crippen molar-refractivity contribution in [1.29, 1.82) is 0 Å². The van der Waals surface area contributed by atoms with Crippen LogP contribution in [0.2, 0.25) is 0 Å². The Balaban J connectivity index is 3.36. The number of ether oxygens (including phenoxy) is 4. The van der Waals surface area contributed by atoms with Crippen molar-refractivity contribution in [3.63, 3.8) is 0 Å². The zero-order valence-electron chi connectivity index (χ0n) is 18.2. The Kier molecular flexibility index (Phi) is 17.0. The van der Waals surface area contributed by atoms with E-state index in [2.05, 4.69) is 18.5 Å². The van der Waals surface area contributed by atoms with E-state index < -0.39 is 24.1 Å². The van der Waals surface area contributed by atoms with Crippen LogP contribution in [0.1, 0.15) is 33.1 Å². The Labute approximate surface area is 179 Å². The number of aliphatic hydroxyl groups is 2. The van der Waals surface area contributed by atoms with E-state index in [1.54, 1.807) is 13.8 Å². The van der Waals surface area contributed by atoms with Crippen molar-refractivity contribution in [2.45, 2.75) is 45.3 Å². The zero-order valence-corrected chi connectivity index (χ0v) is 18.2. The Morgan fingerprint density at radius 3 is 1.93 bits per heavy atom. The molecule has 0 heterocycles. The lowest BCUT2D eigenvalue weighted by atomic mass is 10.2. The molecule has 0 aliphatic carbocycles. The fraction of sp³-hybridized carbons (Fsp3) is 0.714. The van der Waals surface area contributed by atoms with E-state index >= 15 is 0 Å². The lowest BCUT2D eigenvalue weighted by Gasteiger charge is -2.12. The van der Waals surface area contributed by atoms with Crippen molar-refractivity contribution in [2.24, 2.45) is 0 Å². The van der Waals surface area contributed by atoms with Crippen LogP contribution in [0.4, 0.5) is 0 Å². The molecule has 174 valence electrons. The molecule has 0 saturated carbocycles. The Hall–Kier alpha value is -1.78. The first kappa shape index (κ1) is 28.2. The SMILES string of the molecule is C=C(C)C(=O)OCC(O)CCCCOCCOCCNCC(O)COC(=O)C(=C)C. The van der Waals surface area contributed by atoms with Gasteiger partial charge in [0, 0.05) is 30.8 Å². The number of aliphatic hydroxyl groups excluding tert-OH is 2. The van der Waals surface area contributed by atoms with E-state index in [0.717, 1.165) is 12.8 Å². The molecule has 0 aliphatic rings. The molecule has 0 amide bonds. The maximum atomic E-state index is 11.2. The molecule has 3 N–H and O–H groups in total. The van der Waals surface area contributed by atoms with Crippen LogP contribution in [0.25, 0.3) is 0 Å². The minimum Gasteiger partial charge on any atom is -0.460 e. The summed E-state index contributed by atoms with van der Waals surface area (Å²) in [5.41, 5.74) is 0.609. The molecule has 2 atom stereocenters. The van der Waals surface area contributed by atoms with Gasteiger partial charge in [-0.05, 0) is 33.1 Å². The third kappa shape index (κ3) is 17.1. The monoisotopic (exact) mass is 431 g/mol. The molecule has 0 spiro atoms. The predicted octanol–water partition coefficient (Wildman–Crippen LogP) is 0.740. The molecule has 2 unspecified atom stereocenters. The summed E-state index contributed by atoms with van der Waals surface area (Å²) in [7, 11) is 0. The molecule has 0 radical (unpaired) electrons. The first-order valence-corrected chi connectivity index (χ1v) is 10.1. The lowest BCUT2D eigenvalue weighted by molar-refractivity contribution is -0.142. The van der Waals surface area contributed by atoms with Gasteiger partial charge in [-0.3, -0.25) is 0 Å². The van der Waals surface area contributed by atoms with Gasteiger partial charge in [0.05, 0.1) is 25.9 Å². The maximum absolute atomic E-state index is 11.2. The molecular formula is C21H37NO8. The van der Waals surface area contributed by atoms with Gasteiger partial charge < -0.3 is 34.5 Å². The summed E-state index contributed by atoms with van der Waals surface area (Å²) < 4.78 is 20.6. The first-order chi connectivity index (χ1) is 14.2. The summed E-state index contributed by atoms with van der Waals surface area (Å²) in [5.74, 6) is -1.01. The van der Waals surface area contributed by atoms with Gasteiger partial charge >= 0.3 is 11.9 Å². The van der Waals surface area contributed by atoms with Crippen molar-refractivity contribution in [3.05, 3.63) is 24.3 Å². The molecule has 9 heteroatoms. The van der Waals surface area contributed by atoms with Crippen LogP contribution in [0.3, 0.4) is 0 Å². The van der Waals surface area contributed by atoms with E-state index in [4.69, 9.17) is 18.9 Å². The molecule has 0 aromatic heterocycles. The quantitative estimate of drug-likeness (QED) is 0.154. The zero-order chi connectivity index (χ0) is 22.8. The summed E-state index contributed by atoms with van der Waals surface area (Å²) in [6.45, 7) is 12.8. The highest BCUT2D eigenvalue weighted by Gasteiger charge is 2.10. The molecule has 0 aliphatic heterocycles. The summed E-state index contributed by atoms with van der Waals surface area (Å²) >= 11 is 0. The van der Waals surface area contributed by atoms with Crippen LogP contribution < -0.4 is 5.32 Å². The lowest BCUT2D eigenvalue weighted by Crippen LogP contribution is -2.33. The Morgan fingerprint density at radius 1 is 0.833 bits per heavy atom. The summed E-state index contributed by atoms with van der Waals surface area (Å²) in [5, 5.41) is 22.4. The average molecular weight is 432 g/mol. The van der Waals surface area contributed by atoms with Gasteiger partial charge in [0.1, 0.15) is 19.3 Å². The van der Waals surface area contributed by atoms with Crippen molar-refractivity contribution >= 4 is 11.9 Å². The highest BCUT2D eigenvalue weighted by atomic mass is 16.5. The number of carbonyl (C=O) groups excluding carboxylic acids is 2. The third-order valence-corrected chi connectivity index (χ3v) is 3.76. The summed E-state index contributed by atoms with van der Waals surface area (Å²) in [4.78, 5) is 22.4. The number of unbranched alkanes of at least 4 members (excludes halogenated alkanes) is 1. The molecule has 9 nitrogen and oxygen atoms in total. The van der Waals surface area contributed by atoms with E-state index in [1.165, 1.54) is 0 Å². The van der Waals surface area contributed by atoms with Crippen molar-refractivity contribution in [2.75, 3.05) is 52.7 Å². The molecule has 0 bridgehead atoms. The summed E-state index contributed by atoms with van der Waals surface area (Å²) in [6.07, 6.45) is 0.628. The van der Waals surface area contributed by atoms with Crippen LogP contribution >= 0.6 is 0 Å². The molecule has 0 saturated heterocycles. The first-order valence-electron chi connectivity index (χ1n) is 10.1. The normalized spacial score (nSPS) is 12.8. The maximum Gasteiger partial charge on any atom is 0.333 e. The van der Waals surface area contributed by atoms with E-state index in [-0.39, 0.29) is 13.2 Å². The highest BCUT2D eigenvalue weighted by molar-refractivity contribution is 5.87. The fourth-order valence-corrected chi connectivity index (χ4v) is 2.05. The van der Waals surface area contributed by atoms with Gasteiger partial charge in [0.25, 0.3) is 0 Å². The number of nitrogens with one attached hydrogen (secondary N) is 1. The van der Waals surface area contributed by atoms with Gasteiger partial charge in [-0.15, -0.1) is 0 Å². The smallest absolute Gasteiger partial charge is 0.333 e. The third-order valence-electron chi connectivity index (χ3n) is 3.76. The average Bonchev–Trinajstić information content (AvgIpc) is 2.70. The minimum absolute atomic E-state index is 0.0227. The van der Waals surface area contributed by atoms with Gasteiger partial charge in [0.15, 0.2) is 0 Å². The Morgan fingerprint density at radius 2 is 1.37 bits per heavy atom. The standard InChI is InChI=1S/C21H37NO8/c1-16(2)20(25)29-14-18(23)7-5-6-9-27-11-12-28-10-8-22-13-19(24)15-30-21(26)17(3)4/h18-19,22-24H,1,3,5-15H2,2,4H3. The molecule has 0 aromatic carbocycles. The fourth-order valence-electron chi connectivity index (χ4n) is 2.05. The molecule has 30 heavy (non-hydrogen) atoms. The number of hydrogen-bond acceptors (Lipinski definition) is 9. The highest BCUT2D eigenvalue weighted by Crippen LogP contribution is 2.03. The Bertz CT molecular complexity index is 477. The van der Waals surface area contributed by atoms with Gasteiger partial charge in [-0.25, -0.2) is 9.59 Å². The van der Waals surface area contributed by atoms with Crippen LogP contribution in [-0.2, 0) is 28.5 Å². The second-order valence-corrected chi connectivity index (χ2v) is 6.99. The van der Waals surface area contributed by atoms with Gasteiger partial charge in [-0.1, -0.05) is 13.2 Å². The topological polar surface area (TPSA) is 124 Å². The minimum atomic E-state index is -0.784. The van der Waals surface area contributed by atoms with E-state index in [9.17, 15) is 19.8 Å². The number of hydrogen-bond donors (Lipinski definition) is 3. The molecule has 0 aromatic rings. The molecule has 0 fully saturated rings. The molecular weight excluding hydrogens is 394 g/mol. The van der Waals surface area contributed by atoms with Crippen LogP contribution in [-0.4, -0.2) is 87.1 Å². The van der Waals surface area contributed by atoms with Gasteiger partial charge in [0.2, 0.25) is 0 Å². The van der Waals surface area contributed by atoms with Crippen molar-refractivity contribution in [3.8, 4) is 0 Å². The van der Waals surface area contributed by atoms with Crippen LogP contribution in [0.15, 0.2) is 24.3 Å². The van der Waals surface area contributed by atoms with Crippen LogP contribution in [0.5, 0.6) is 0 Å². The van der Waals surface area contributed by atoms with Crippen molar-refractivity contribution in [1.82, 2.24) is 5.32 Å². The number of rotatable bonds is 19. The van der Waals surface area contributed by atoms with E-state index in [0.29, 0.717) is 57.1 Å².